The smallest absolute Gasteiger partial charge is 0.384 e. The maximum absolute atomic E-state index is 14.1. The first-order valence-corrected chi connectivity index (χ1v) is 9.89. The van der Waals surface area contributed by atoms with E-state index in [9.17, 15) is 22.4 Å². The highest BCUT2D eigenvalue weighted by atomic mass is 19.4. The number of carbonyl (C=O) groups excluding carboxylic acids is 1. The fourth-order valence-electron chi connectivity index (χ4n) is 3.01. The molecule has 0 atom stereocenters. The topological polar surface area (TPSA) is 93.8 Å². The number of nitrogens with one attached hydrogen (secondary N) is 1. The summed E-state index contributed by atoms with van der Waals surface area (Å²) < 4.78 is 53.7. The SMILES string of the molecule is C=C/C(NC(=O)c1cccc(-c2ccccc2F)n1)=C(\C=C/C)c1cc(N)nc(C(F)(F)F)n1. The van der Waals surface area contributed by atoms with Gasteiger partial charge in [0.25, 0.3) is 5.91 Å². The van der Waals surface area contributed by atoms with E-state index in [1.807, 2.05) is 0 Å². The quantitative estimate of drug-likeness (QED) is 0.383. The Bertz CT molecular complexity index is 1300. The zero-order valence-electron chi connectivity index (χ0n) is 17.9. The number of benzene rings is 1. The van der Waals surface area contributed by atoms with E-state index in [4.69, 9.17) is 5.73 Å². The minimum atomic E-state index is -4.82. The number of nitrogens with zero attached hydrogens (tertiary/aromatic N) is 3. The Labute approximate surface area is 192 Å². The number of hydrogen-bond donors (Lipinski definition) is 2. The molecule has 3 N–H and O–H groups in total. The first kappa shape index (κ1) is 24.3. The van der Waals surface area contributed by atoms with Crippen molar-refractivity contribution in [1.82, 2.24) is 20.3 Å². The van der Waals surface area contributed by atoms with E-state index < -0.39 is 29.5 Å². The number of nitrogen functional groups attached to an aromatic ring is 1. The van der Waals surface area contributed by atoms with Crippen molar-refractivity contribution in [2.75, 3.05) is 5.73 Å². The Morgan fingerprint density at radius 3 is 2.44 bits per heavy atom. The molecule has 0 saturated heterocycles. The van der Waals surface area contributed by atoms with Gasteiger partial charge in [0.15, 0.2) is 0 Å². The van der Waals surface area contributed by atoms with Crippen LogP contribution in [-0.4, -0.2) is 20.9 Å². The number of halogens is 4. The Morgan fingerprint density at radius 1 is 1.06 bits per heavy atom. The van der Waals surface area contributed by atoms with Gasteiger partial charge in [-0.25, -0.2) is 19.3 Å². The molecule has 0 radical (unpaired) electrons. The van der Waals surface area contributed by atoms with Crippen LogP contribution in [-0.2, 0) is 6.18 Å². The number of carbonyl (C=O) groups is 1. The number of amides is 1. The molecule has 0 unspecified atom stereocenters. The summed E-state index contributed by atoms with van der Waals surface area (Å²) in [5.41, 5.74) is 5.98. The first-order chi connectivity index (χ1) is 16.1. The van der Waals surface area contributed by atoms with Crippen LogP contribution in [0.4, 0.5) is 23.4 Å². The Hall–Kier alpha value is -4.34. The van der Waals surface area contributed by atoms with Crippen molar-refractivity contribution < 1.29 is 22.4 Å². The van der Waals surface area contributed by atoms with Gasteiger partial charge in [-0.1, -0.05) is 36.9 Å². The molecule has 0 spiro atoms. The second-order valence-corrected chi connectivity index (χ2v) is 6.87. The Morgan fingerprint density at radius 2 is 1.79 bits per heavy atom. The van der Waals surface area contributed by atoms with Gasteiger partial charge in [0.2, 0.25) is 5.82 Å². The predicted molar refractivity (Wildman–Crippen MR) is 120 cm³/mol. The summed E-state index contributed by atoms with van der Waals surface area (Å²) in [7, 11) is 0. The normalized spacial score (nSPS) is 12.4. The molecule has 3 rings (SSSR count). The van der Waals surface area contributed by atoms with Gasteiger partial charge in [-0.15, -0.1) is 0 Å². The van der Waals surface area contributed by atoms with Gasteiger partial charge >= 0.3 is 6.18 Å². The summed E-state index contributed by atoms with van der Waals surface area (Å²) in [4.78, 5) is 23.9. The highest BCUT2D eigenvalue weighted by Gasteiger charge is 2.35. The van der Waals surface area contributed by atoms with Crippen molar-refractivity contribution in [2.45, 2.75) is 13.1 Å². The van der Waals surface area contributed by atoms with Gasteiger partial charge in [-0.05, 0) is 37.3 Å². The van der Waals surface area contributed by atoms with Crippen LogP contribution in [0.5, 0.6) is 0 Å². The summed E-state index contributed by atoms with van der Waals surface area (Å²) in [5, 5.41) is 2.57. The van der Waals surface area contributed by atoms with Crippen LogP contribution < -0.4 is 11.1 Å². The minimum absolute atomic E-state index is 0.0434. The number of anilines is 1. The molecule has 0 aliphatic rings. The summed E-state index contributed by atoms with van der Waals surface area (Å²) in [6, 6.07) is 11.6. The van der Waals surface area contributed by atoms with E-state index in [-0.39, 0.29) is 33.9 Å². The largest absolute Gasteiger partial charge is 0.451 e. The van der Waals surface area contributed by atoms with Gasteiger partial charge in [0, 0.05) is 22.9 Å². The van der Waals surface area contributed by atoms with E-state index in [2.05, 4.69) is 26.8 Å². The summed E-state index contributed by atoms with van der Waals surface area (Å²) in [6.45, 7) is 5.27. The van der Waals surface area contributed by atoms with Crippen LogP contribution in [0.15, 0.2) is 79.0 Å². The molecule has 10 heteroatoms. The second kappa shape index (κ2) is 10.1. The standard InChI is InChI=1S/C24H19F4N5O/c1-3-8-15(20-13-21(29)33-23(32-20)24(26,27)28)17(4-2)31-22(34)19-12-7-11-18(30-19)14-9-5-6-10-16(14)25/h3-13H,2H2,1H3,(H,31,34)(H2,29,32,33)/b8-3-,17-15-. The van der Waals surface area contributed by atoms with E-state index >= 15 is 0 Å². The molecule has 0 aliphatic heterocycles. The summed E-state index contributed by atoms with van der Waals surface area (Å²) in [5.74, 6) is -3.00. The Kier molecular flexibility index (Phi) is 7.20. The van der Waals surface area contributed by atoms with Crippen LogP contribution >= 0.6 is 0 Å². The van der Waals surface area contributed by atoms with Crippen LogP contribution in [0.2, 0.25) is 0 Å². The molecule has 2 heterocycles. The number of nitrogens with two attached hydrogens (primary N) is 1. The first-order valence-electron chi connectivity index (χ1n) is 9.89. The maximum atomic E-state index is 14.1. The molecule has 1 aromatic carbocycles. The van der Waals surface area contributed by atoms with Crippen molar-refractivity contribution in [3.8, 4) is 11.3 Å². The third-order valence-corrected chi connectivity index (χ3v) is 4.48. The highest BCUT2D eigenvalue weighted by Crippen LogP contribution is 2.29. The van der Waals surface area contributed by atoms with E-state index in [1.165, 1.54) is 42.5 Å². The minimum Gasteiger partial charge on any atom is -0.384 e. The third kappa shape index (κ3) is 5.52. The van der Waals surface area contributed by atoms with Crippen molar-refractivity contribution in [2.24, 2.45) is 0 Å². The van der Waals surface area contributed by atoms with Crippen molar-refractivity contribution in [1.29, 1.82) is 0 Å². The van der Waals surface area contributed by atoms with Crippen LogP contribution in [0.1, 0.15) is 28.9 Å². The maximum Gasteiger partial charge on any atom is 0.451 e. The zero-order valence-corrected chi connectivity index (χ0v) is 17.9. The average Bonchev–Trinajstić information content (AvgIpc) is 2.80. The number of alkyl halides is 3. The fourth-order valence-corrected chi connectivity index (χ4v) is 3.01. The van der Waals surface area contributed by atoms with Gasteiger partial charge in [-0.3, -0.25) is 4.79 Å². The van der Waals surface area contributed by atoms with Gasteiger partial charge in [0.05, 0.1) is 11.4 Å². The highest BCUT2D eigenvalue weighted by molar-refractivity contribution is 5.96. The molecule has 0 bridgehead atoms. The average molecular weight is 469 g/mol. The molecule has 3 aromatic rings. The fraction of sp³-hybridized carbons (Fsp3) is 0.0833. The predicted octanol–water partition coefficient (Wildman–Crippen LogP) is 5.18. The molecule has 174 valence electrons. The third-order valence-electron chi connectivity index (χ3n) is 4.48. The van der Waals surface area contributed by atoms with E-state index in [0.29, 0.717) is 0 Å². The summed E-state index contributed by atoms with van der Waals surface area (Å²) in [6.07, 6.45) is -0.574. The number of allylic oxidation sites excluding steroid dienone is 4. The van der Waals surface area contributed by atoms with Gasteiger partial charge < -0.3 is 11.1 Å². The monoisotopic (exact) mass is 469 g/mol. The van der Waals surface area contributed by atoms with E-state index in [1.54, 1.807) is 25.1 Å². The number of rotatable bonds is 6. The Balaban J connectivity index is 2.02. The van der Waals surface area contributed by atoms with E-state index in [0.717, 1.165) is 6.07 Å². The van der Waals surface area contributed by atoms with Crippen molar-refractivity contribution in [3.63, 3.8) is 0 Å². The lowest BCUT2D eigenvalue weighted by atomic mass is 10.1. The van der Waals surface area contributed by atoms with Crippen molar-refractivity contribution in [3.05, 3.63) is 102 Å². The number of pyridine rings is 1. The molecule has 0 saturated carbocycles. The van der Waals surface area contributed by atoms with Crippen molar-refractivity contribution >= 4 is 17.3 Å². The second-order valence-electron chi connectivity index (χ2n) is 6.87. The van der Waals surface area contributed by atoms with Gasteiger partial charge in [0.1, 0.15) is 17.3 Å². The van der Waals surface area contributed by atoms with Crippen LogP contribution in [0.25, 0.3) is 16.8 Å². The zero-order chi connectivity index (χ0) is 24.9. The van der Waals surface area contributed by atoms with Gasteiger partial charge in [-0.2, -0.15) is 13.2 Å². The van der Waals surface area contributed by atoms with Crippen LogP contribution in [0, 0.1) is 5.82 Å². The molecular weight excluding hydrogens is 450 g/mol. The number of aromatic nitrogens is 3. The molecule has 0 fully saturated rings. The summed E-state index contributed by atoms with van der Waals surface area (Å²) >= 11 is 0. The van der Waals surface area contributed by atoms with Crippen LogP contribution in [0.3, 0.4) is 0 Å². The molecular formula is C24H19F4N5O. The molecule has 1 amide bonds. The molecule has 6 nitrogen and oxygen atoms in total. The molecule has 2 aromatic heterocycles. The number of hydrogen-bond acceptors (Lipinski definition) is 5. The molecule has 0 aliphatic carbocycles. The lowest BCUT2D eigenvalue weighted by Gasteiger charge is -2.13. The lowest BCUT2D eigenvalue weighted by molar-refractivity contribution is -0.144. The molecule has 34 heavy (non-hydrogen) atoms. The lowest BCUT2D eigenvalue weighted by Crippen LogP contribution is -2.24.